The summed E-state index contributed by atoms with van der Waals surface area (Å²) in [5, 5.41) is 8.69. The van der Waals surface area contributed by atoms with Crippen molar-refractivity contribution in [2.24, 2.45) is 5.41 Å². The van der Waals surface area contributed by atoms with Crippen molar-refractivity contribution in [3.8, 4) is 0 Å². The van der Waals surface area contributed by atoms with Gasteiger partial charge >= 0.3 is 5.97 Å². The summed E-state index contributed by atoms with van der Waals surface area (Å²) in [5.74, 6) is -0.273. The molecular formula is C6H10O3. The van der Waals surface area contributed by atoms with E-state index < -0.39 is 5.41 Å². The number of carbonyl (C=O) groups is 1. The molecule has 3 heteroatoms. The molecule has 0 radical (unpaired) electrons. The molecule has 1 aliphatic heterocycles. The van der Waals surface area contributed by atoms with Gasteiger partial charge in [0, 0.05) is 0 Å². The molecule has 0 aromatic heterocycles. The Labute approximate surface area is 53.6 Å². The summed E-state index contributed by atoms with van der Waals surface area (Å²) in [5.41, 5.74) is -0.611. The van der Waals surface area contributed by atoms with Gasteiger partial charge in [-0.2, -0.15) is 0 Å². The molecule has 3 nitrogen and oxygen atoms in total. The average Bonchev–Trinajstić information content (AvgIpc) is 2.15. The molecular weight excluding hydrogens is 120 g/mol. The Morgan fingerprint density at radius 2 is 2.56 bits per heavy atom. The first-order chi connectivity index (χ1) is 4.19. The lowest BCUT2D eigenvalue weighted by Gasteiger charge is -2.13. The number of aliphatic hydroxyl groups is 1. The largest absolute Gasteiger partial charge is 0.465 e. The van der Waals surface area contributed by atoms with Crippen LogP contribution < -0.4 is 0 Å². The van der Waals surface area contributed by atoms with Crippen LogP contribution in [0.2, 0.25) is 0 Å². The number of aliphatic hydroxyl groups excluding tert-OH is 1. The van der Waals surface area contributed by atoms with E-state index in [1.807, 2.05) is 0 Å². The Morgan fingerprint density at radius 3 is 2.78 bits per heavy atom. The van der Waals surface area contributed by atoms with Gasteiger partial charge in [-0.05, 0) is 13.3 Å². The first-order valence-corrected chi connectivity index (χ1v) is 2.97. The second-order valence-electron chi connectivity index (χ2n) is 2.60. The highest BCUT2D eigenvalue weighted by atomic mass is 16.5. The standard InChI is InChI=1S/C6H10O3/c1-6(4-7)2-3-9-5(6)8/h7H,2-4H2,1H3. The lowest BCUT2D eigenvalue weighted by Crippen LogP contribution is -2.26. The predicted octanol–water partition coefficient (Wildman–Crippen LogP) is -0.0681. The Hall–Kier alpha value is -0.570. The van der Waals surface area contributed by atoms with Gasteiger partial charge < -0.3 is 9.84 Å². The van der Waals surface area contributed by atoms with Crippen LogP contribution in [0.4, 0.5) is 0 Å². The fourth-order valence-electron chi connectivity index (χ4n) is 0.789. The fraction of sp³-hybridized carbons (Fsp3) is 0.833. The smallest absolute Gasteiger partial charge is 0.314 e. The zero-order valence-electron chi connectivity index (χ0n) is 5.39. The van der Waals surface area contributed by atoms with E-state index >= 15 is 0 Å². The van der Waals surface area contributed by atoms with E-state index in [1.165, 1.54) is 0 Å². The number of rotatable bonds is 1. The molecule has 0 aromatic rings. The number of hydrogen-bond acceptors (Lipinski definition) is 3. The van der Waals surface area contributed by atoms with Crippen molar-refractivity contribution in [3.05, 3.63) is 0 Å². The van der Waals surface area contributed by atoms with Gasteiger partial charge in [-0.25, -0.2) is 0 Å². The Kier molecular flexibility index (Phi) is 1.45. The van der Waals surface area contributed by atoms with Crippen LogP contribution in [0.15, 0.2) is 0 Å². The molecule has 1 rings (SSSR count). The number of hydrogen-bond donors (Lipinski definition) is 1. The fourth-order valence-corrected chi connectivity index (χ4v) is 0.789. The molecule has 1 heterocycles. The minimum absolute atomic E-state index is 0.105. The van der Waals surface area contributed by atoms with Crippen LogP contribution >= 0.6 is 0 Å². The van der Waals surface area contributed by atoms with Gasteiger partial charge in [-0.1, -0.05) is 0 Å². The third-order valence-electron chi connectivity index (χ3n) is 1.73. The van der Waals surface area contributed by atoms with Crippen molar-refractivity contribution < 1.29 is 14.6 Å². The number of cyclic esters (lactones) is 1. The van der Waals surface area contributed by atoms with Crippen LogP contribution in [0.1, 0.15) is 13.3 Å². The topological polar surface area (TPSA) is 46.5 Å². The molecule has 1 N–H and O–H groups in total. The summed E-state index contributed by atoms with van der Waals surface area (Å²) >= 11 is 0. The van der Waals surface area contributed by atoms with Crippen molar-refractivity contribution in [2.45, 2.75) is 13.3 Å². The molecule has 0 aliphatic carbocycles. The summed E-state index contributed by atoms with van der Waals surface area (Å²) in [6.07, 6.45) is 0.641. The average molecular weight is 130 g/mol. The SMILES string of the molecule is CC1(CO)CCOC1=O. The van der Waals surface area contributed by atoms with Crippen LogP contribution in [0.5, 0.6) is 0 Å². The van der Waals surface area contributed by atoms with Gasteiger partial charge in [0.05, 0.1) is 18.6 Å². The highest BCUT2D eigenvalue weighted by Crippen LogP contribution is 2.27. The lowest BCUT2D eigenvalue weighted by atomic mass is 9.91. The maximum absolute atomic E-state index is 10.7. The molecule has 0 saturated carbocycles. The second-order valence-corrected chi connectivity index (χ2v) is 2.60. The van der Waals surface area contributed by atoms with Crippen molar-refractivity contribution in [1.29, 1.82) is 0 Å². The van der Waals surface area contributed by atoms with E-state index in [4.69, 9.17) is 5.11 Å². The van der Waals surface area contributed by atoms with E-state index in [0.717, 1.165) is 0 Å². The van der Waals surface area contributed by atoms with Gasteiger partial charge in [-0.3, -0.25) is 4.79 Å². The molecule has 1 unspecified atom stereocenters. The number of ether oxygens (including phenoxy) is 1. The summed E-state index contributed by atoms with van der Waals surface area (Å²) in [6.45, 7) is 2.06. The third-order valence-corrected chi connectivity index (χ3v) is 1.73. The van der Waals surface area contributed by atoms with E-state index in [-0.39, 0.29) is 12.6 Å². The van der Waals surface area contributed by atoms with Crippen molar-refractivity contribution >= 4 is 5.97 Å². The van der Waals surface area contributed by atoms with E-state index in [0.29, 0.717) is 13.0 Å². The van der Waals surface area contributed by atoms with E-state index in [9.17, 15) is 4.79 Å². The minimum atomic E-state index is -0.611. The van der Waals surface area contributed by atoms with Crippen LogP contribution in [0.25, 0.3) is 0 Å². The van der Waals surface area contributed by atoms with Crippen molar-refractivity contribution in [1.82, 2.24) is 0 Å². The van der Waals surface area contributed by atoms with Crippen LogP contribution in [-0.4, -0.2) is 24.3 Å². The molecule has 52 valence electrons. The first kappa shape index (κ1) is 6.55. The van der Waals surface area contributed by atoms with Crippen LogP contribution in [-0.2, 0) is 9.53 Å². The lowest BCUT2D eigenvalue weighted by molar-refractivity contribution is -0.147. The number of esters is 1. The zero-order valence-corrected chi connectivity index (χ0v) is 5.39. The third kappa shape index (κ3) is 0.920. The van der Waals surface area contributed by atoms with Gasteiger partial charge in [0.15, 0.2) is 0 Å². The summed E-state index contributed by atoms with van der Waals surface area (Å²) in [4.78, 5) is 10.7. The van der Waals surface area contributed by atoms with Gasteiger partial charge in [0.25, 0.3) is 0 Å². The minimum Gasteiger partial charge on any atom is -0.465 e. The first-order valence-electron chi connectivity index (χ1n) is 2.97. The molecule has 0 amide bonds. The molecule has 1 aliphatic rings. The molecule has 9 heavy (non-hydrogen) atoms. The summed E-state index contributed by atoms with van der Waals surface area (Å²) in [7, 11) is 0. The van der Waals surface area contributed by atoms with Gasteiger partial charge in [0.1, 0.15) is 0 Å². The molecule has 1 atom stereocenters. The zero-order chi connectivity index (χ0) is 6.91. The molecule has 1 saturated heterocycles. The monoisotopic (exact) mass is 130 g/mol. The van der Waals surface area contributed by atoms with E-state index in [1.54, 1.807) is 6.92 Å². The second kappa shape index (κ2) is 1.99. The van der Waals surface area contributed by atoms with Crippen LogP contribution in [0, 0.1) is 5.41 Å². The van der Waals surface area contributed by atoms with Crippen LogP contribution in [0.3, 0.4) is 0 Å². The molecule has 0 aromatic carbocycles. The maximum atomic E-state index is 10.7. The predicted molar refractivity (Wildman–Crippen MR) is 30.8 cm³/mol. The normalized spacial score (nSPS) is 34.7. The van der Waals surface area contributed by atoms with E-state index in [2.05, 4.69) is 4.74 Å². The van der Waals surface area contributed by atoms with Crippen molar-refractivity contribution in [2.75, 3.05) is 13.2 Å². The van der Waals surface area contributed by atoms with Crippen molar-refractivity contribution in [3.63, 3.8) is 0 Å². The Morgan fingerprint density at radius 1 is 1.89 bits per heavy atom. The Balaban J connectivity index is 2.67. The summed E-state index contributed by atoms with van der Waals surface area (Å²) in [6, 6.07) is 0. The Bertz CT molecular complexity index is 132. The summed E-state index contributed by atoms with van der Waals surface area (Å²) < 4.78 is 4.66. The molecule has 0 spiro atoms. The quantitative estimate of drug-likeness (QED) is 0.505. The highest BCUT2D eigenvalue weighted by molar-refractivity contribution is 5.78. The maximum Gasteiger partial charge on any atom is 0.314 e. The van der Waals surface area contributed by atoms with Gasteiger partial charge in [0.2, 0.25) is 0 Å². The highest BCUT2D eigenvalue weighted by Gasteiger charge is 2.39. The molecule has 1 fully saturated rings. The van der Waals surface area contributed by atoms with Gasteiger partial charge in [-0.15, -0.1) is 0 Å². The molecule has 0 bridgehead atoms. The number of carbonyl (C=O) groups excluding carboxylic acids is 1.